The van der Waals surface area contributed by atoms with E-state index in [0.29, 0.717) is 4.90 Å². The fourth-order valence-corrected chi connectivity index (χ4v) is 4.56. The third-order valence-corrected chi connectivity index (χ3v) is 5.57. The molecule has 2 heterocycles. The summed E-state index contributed by atoms with van der Waals surface area (Å²) < 4.78 is 63.6. The van der Waals surface area contributed by atoms with Crippen LogP contribution in [0.2, 0.25) is 0 Å². The van der Waals surface area contributed by atoms with Gasteiger partial charge in [0.2, 0.25) is 11.7 Å². The van der Waals surface area contributed by atoms with Crippen LogP contribution in [-0.2, 0) is 9.59 Å². The first kappa shape index (κ1) is 19.1. The van der Waals surface area contributed by atoms with Gasteiger partial charge in [-0.1, -0.05) is 0 Å². The topological polar surface area (TPSA) is 77.9 Å². The predicted octanol–water partition coefficient (Wildman–Crippen LogP) is 1.71. The van der Waals surface area contributed by atoms with Crippen LogP contribution in [0.15, 0.2) is 0 Å². The first-order valence-electron chi connectivity index (χ1n) is 6.43. The minimum Gasteiger partial charge on any atom is -0.465 e. The number of amides is 2. The first-order valence-corrected chi connectivity index (χ1v) is 8.73. The van der Waals surface area contributed by atoms with Gasteiger partial charge in [0.1, 0.15) is 12.1 Å². The molecule has 6 nitrogen and oxygen atoms in total. The van der Waals surface area contributed by atoms with Gasteiger partial charge in [0.15, 0.2) is 0 Å². The maximum Gasteiger partial charge on any atom is 0.461 e. The van der Waals surface area contributed by atoms with Gasteiger partial charge in [-0.2, -0.15) is 22.0 Å². The summed E-state index contributed by atoms with van der Waals surface area (Å²) in [6.45, 7) is 0. The van der Waals surface area contributed by atoms with Gasteiger partial charge in [0, 0.05) is 11.5 Å². The van der Waals surface area contributed by atoms with E-state index in [9.17, 15) is 36.3 Å². The number of Topliss-reactive ketones (excluding diaryl/α,β-unsaturated/α-hetero) is 1. The van der Waals surface area contributed by atoms with Crippen LogP contribution in [0.5, 0.6) is 0 Å². The van der Waals surface area contributed by atoms with Crippen LogP contribution in [0.3, 0.4) is 0 Å². The molecule has 2 rings (SSSR count). The van der Waals surface area contributed by atoms with E-state index in [0.717, 1.165) is 28.4 Å². The Morgan fingerprint density at radius 2 is 1.42 bits per heavy atom. The second-order valence-corrected chi connectivity index (χ2v) is 7.03. The molecule has 2 amide bonds. The Morgan fingerprint density at radius 1 is 0.917 bits per heavy atom. The van der Waals surface area contributed by atoms with Crippen LogP contribution in [0.4, 0.5) is 26.7 Å². The zero-order valence-electron chi connectivity index (χ0n) is 11.8. The maximum atomic E-state index is 13.3. The summed E-state index contributed by atoms with van der Waals surface area (Å²) in [6.07, 6.45) is -7.46. The SMILES string of the molecule is O=C(O)N1CSCC1C(=O)N1CSCC1C(=O)C(F)(F)C(F)(F)F. The molecule has 0 aliphatic carbocycles. The molecule has 2 saturated heterocycles. The van der Waals surface area contributed by atoms with Gasteiger partial charge in [-0.05, 0) is 0 Å². The molecule has 136 valence electrons. The van der Waals surface area contributed by atoms with Crippen molar-refractivity contribution in [2.24, 2.45) is 0 Å². The number of carbonyl (C=O) groups is 3. The largest absolute Gasteiger partial charge is 0.465 e. The summed E-state index contributed by atoms with van der Waals surface area (Å²) in [5.41, 5.74) is 0. The van der Waals surface area contributed by atoms with Crippen molar-refractivity contribution < 1.29 is 41.4 Å². The van der Waals surface area contributed by atoms with Gasteiger partial charge in [0.05, 0.1) is 11.8 Å². The molecule has 0 aromatic rings. The smallest absolute Gasteiger partial charge is 0.461 e. The minimum absolute atomic E-state index is 0.0238. The Kier molecular flexibility index (Phi) is 5.23. The first-order chi connectivity index (χ1) is 11.0. The van der Waals surface area contributed by atoms with E-state index in [4.69, 9.17) is 5.11 Å². The van der Waals surface area contributed by atoms with E-state index < -0.39 is 47.7 Å². The van der Waals surface area contributed by atoms with Crippen molar-refractivity contribution in [3.63, 3.8) is 0 Å². The summed E-state index contributed by atoms with van der Waals surface area (Å²) in [6, 6.07) is -3.15. The summed E-state index contributed by atoms with van der Waals surface area (Å²) in [4.78, 5) is 36.4. The third kappa shape index (κ3) is 3.27. The lowest BCUT2D eigenvalue weighted by molar-refractivity contribution is -0.270. The summed E-state index contributed by atoms with van der Waals surface area (Å²) in [5.74, 6) is -9.55. The number of hydrogen-bond donors (Lipinski definition) is 1. The van der Waals surface area contributed by atoms with E-state index in [1.54, 1.807) is 0 Å². The molecular weight excluding hydrogens is 383 g/mol. The van der Waals surface area contributed by atoms with Crippen LogP contribution in [0, 0.1) is 0 Å². The Labute approximate surface area is 140 Å². The Bertz CT molecular complexity index is 559. The summed E-state index contributed by atoms with van der Waals surface area (Å²) in [5, 5.41) is 8.99. The van der Waals surface area contributed by atoms with E-state index >= 15 is 0 Å². The van der Waals surface area contributed by atoms with E-state index in [1.807, 2.05) is 0 Å². The monoisotopic (exact) mass is 394 g/mol. The van der Waals surface area contributed by atoms with Crippen LogP contribution >= 0.6 is 23.5 Å². The van der Waals surface area contributed by atoms with Crippen molar-refractivity contribution in [1.29, 1.82) is 0 Å². The average Bonchev–Trinajstić information content (AvgIpc) is 3.13. The Balaban J connectivity index is 2.20. The third-order valence-electron chi connectivity index (χ3n) is 3.55. The highest BCUT2D eigenvalue weighted by Gasteiger charge is 2.65. The second-order valence-electron chi connectivity index (χ2n) is 5.03. The fourth-order valence-electron chi connectivity index (χ4n) is 2.25. The van der Waals surface area contributed by atoms with E-state index in [2.05, 4.69) is 0 Å². The zero-order valence-corrected chi connectivity index (χ0v) is 13.4. The van der Waals surface area contributed by atoms with Crippen LogP contribution in [-0.4, -0.2) is 80.1 Å². The molecule has 2 unspecified atom stereocenters. The van der Waals surface area contributed by atoms with Gasteiger partial charge in [-0.3, -0.25) is 14.5 Å². The van der Waals surface area contributed by atoms with Crippen molar-refractivity contribution in [2.45, 2.75) is 24.2 Å². The molecule has 0 bridgehead atoms. The molecule has 24 heavy (non-hydrogen) atoms. The highest BCUT2D eigenvalue weighted by Crippen LogP contribution is 2.39. The average molecular weight is 394 g/mol. The number of carbonyl (C=O) groups excluding carboxylic acids is 2. The molecule has 0 radical (unpaired) electrons. The quantitative estimate of drug-likeness (QED) is 0.735. The van der Waals surface area contributed by atoms with Crippen molar-refractivity contribution >= 4 is 41.3 Å². The predicted molar refractivity (Wildman–Crippen MR) is 74.9 cm³/mol. The lowest BCUT2D eigenvalue weighted by Gasteiger charge is -2.30. The molecule has 13 heteroatoms. The molecule has 2 aliphatic rings. The van der Waals surface area contributed by atoms with Crippen LogP contribution in [0.1, 0.15) is 0 Å². The highest BCUT2D eigenvalue weighted by molar-refractivity contribution is 7.99. The van der Waals surface area contributed by atoms with Crippen LogP contribution in [0.25, 0.3) is 0 Å². The molecule has 0 aromatic heterocycles. The molecule has 0 spiro atoms. The number of thioether (sulfide) groups is 2. The van der Waals surface area contributed by atoms with Gasteiger partial charge in [0.25, 0.3) is 0 Å². The lowest BCUT2D eigenvalue weighted by atomic mass is 10.1. The number of rotatable bonds is 3. The van der Waals surface area contributed by atoms with Crippen molar-refractivity contribution in [3.05, 3.63) is 0 Å². The number of nitrogens with zero attached hydrogens (tertiary/aromatic N) is 2. The standard InChI is InChI=1S/C11H11F5N2O4S2/c12-10(13,11(14,15)16)7(19)5-1-23-3-17(5)8(20)6-2-24-4-18(6)9(21)22/h5-6H,1-4H2,(H,21,22). The second kappa shape index (κ2) is 6.58. The van der Waals surface area contributed by atoms with Crippen molar-refractivity contribution in [3.8, 4) is 0 Å². The minimum atomic E-state index is -6.05. The van der Waals surface area contributed by atoms with E-state index in [-0.39, 0.29) is 17.5 Å². The molecule has 2 atom stereocenters. The fraction of sp³-hybridized carbons (Fsp3) is 0.727. The number of alkyl halides is 5. The molecular formula is C11H11F5N2O4S2. The van der Waals surface area contributed by atoms with E-state index in [1.165, 1.54) is 0 Å². The Morgan fingerprint density at radius 3 is 1.92 bits per heavy atom. The number of ketones is 1. The molecule has 2 fully saturated rings. The maximum absolute atomic E-state index is 13.3. The molecule has 0 saturated carbocycles. The van der Waals surface area contributed by atoms with Gasteiger partial charge in [-0.25, -0.2) is 4.79 Å². The van der Waals surface area contributed by atoms with Crippen molar-refractivity contribution in [2.75, 3.05) is 23.3 Å². The Hall–Kier alpha value is -1.24. The lowest BCUT2D eigenvalue weighted by Crippen LogP contribution is -2.57. The number of halogens is 5. The molecule has 2 aliphatic heterocycles. The van der Waals surface area contributed by atoms with Gasteiger partial charge in [-0.15, -0.1) is 23.5 Å². The molecule has 0 aromatic carbocycles. The number of carboxylic acid groups (broad SMARTS) is 1. The van der Waals surface area contributed by atoms with Gasteiger partial charge < -0.3 is 10.0 Å². The number of hydrogen-bond acceptors (Lipinski definition) is 5. The van der Waals surface area contributed by atoms with Crippen LogP contribution < -0.4 is 0 Å². The van der Waals surface area contributed by atoms with Gasteiger partial charge >= 0.3 is 18.2 Å². The van der Waals surface area contributed by atoms with Crippen molar-refractivity contribution in [1.82, 2.24) is 9.80 Å². The molecule has 1 N–H and O–H groups in total. The normalized spacial score (nSPS) is 25.2. The summed E-state index contributed by atoms with van der Waals surface area (Å²) in [7, 11) is 0. The highest BCUT2D eigenvalue weighted by atomic mass is 32.2. The zero-order chi connectivity index (χ0) is 18.3. The summed E-state index contributed by atoms with van der Waals surface area (Å²) >= 11 is 1.96.